The lowest BCUT2D eigenvalue weighted by Crippen LogP contribution is -2.47. The zero-order valence-corrected chi connectivity index (χ0v) is 28.2. The van der Waals surface area contributed by atoms with Crippen LogP contribution in [-0.2, 0) is 23.9 Å². The van der Waals surface area contributed by atoms with Crippen molar-refractivity contribution in [2.75, 3.05) is 12.5 Å². The topological polar surface area (TPSA) is 152 Å². The van der Waals surface area contributed by atoms with Gasteiger partial charge >= 0.3 is 23.8 Å². The molecule has 0 bridgehead atoms. The number of methoxy groups -OCH3 is 1. The van der Waals surface area contributed by atoms with Gasteiger partial charge in [-0.1, -0.05) is 54.9 Å². The van der Waals surface area contributed by atoms with Crippen LogP contribution in [0.4, 0.5) is 0 Å². The van der Waals surface area contributed by atoms with E-state index in [9.17, 15) is 29.1 Å². The van der Waals surface area contributed by atoms with Crippen LogP contribution in [-0.4, -0.2) is 53.6 Å². The van der Waals surface area contributed by atoms with Gasteiger partial charge in [-0.25, -0.2) is 9.59 Å². The summed E-state index contributed by atoms with van der Waals surface area (Å²) in [6, 6.07) is 16.5. The van der Waals surface area contributed by atoms with Gasteiger partial charge in [0.25, 0.3) is 0 Å². The molecule has 2 amide bonds. The van der Waals surface area contributed by atoms with Crippen LogP contribution in [0.2, 0.25) is 0 Å². The fourth-order valence-corrected chi connectivity index (χ4v) is 4.76. The predicted molar refractivity (Wildman–Crippen MR) is 180 cm³/mol. The van der Waals surface area contributed by atoms with Gasteiger partial charge in [0.05, 0.1) is 25.0 Å². The zero-order valence-electron chi connectivity index (χ0n) is 28.2. The monoisotopic (exact) mass is 658 g/mol. The Morgan fingerprint density at radius 2 is 1.46 bits per heavy atom. The third-order valence-corrected chi connectivity index (χ3v) is 7.13. The summed E-state index contributed by atoms with van der Waals surface area (Å²) in [7, 11) is 1.29. The van der Waals surface area contributed by atoms with E-state index >= 15 is 0 Å². The number of aliphatic carboxylic acids is 1. The van der Waals surface area contributed by atoms with Gasteiger partial charge < -0.3 is 19.9 Å². The molecule has 254 valence electrons. The largest absolute Gasteiger partial charge is 0.480 e. The summed E-state index contributed by atoms with van der Waals surface area (Å²) in [4.78, 5) is 61.7. The Morgan fingerprint density at radius 3 is 2.00 bits per heavy atom. The first kappa shape index (κ1) is 37.1. The number of allylic oxidation sites excluding steroid dienone is 1. The molecule has 3 rings (SSSR count). The Hall–Kier alpha value is -5.32. The number of aromatic nitrogens is 1. The van der Waals surface area contributed by atoms with Crippen molar-refractivity contribution in [2.24, 2.45) is 11.8 Å². The van der Waals surface area contributed by atoms with Crippen molar-refractivity contribution in [3.05, 3.63) is 95.8 Å². The van der Waals surface area contributed by atoms with Gasteiger partial charge in [0.1, 0.15) is 11.6 Å². The van der Waals surface area contributed by atoms with E-state index in [1.54, 1.807) is 51.4 Å². The number of carboxylic acids is 1. The first-order chi connectivity index (χ1) is 22.6. The van der Waals surface area contributed by atoms with E-state index in [1.807, 2.05) is 56.3 Å². The van der Waals surface area contributed by atoms with E-state index in [-0.39, 0.29) is 31.1 Å². The highest BCUT2D eigenvalue weighted by molar-refractivity contribution is 5.99. The van der Waals surface area contributed by atoms with E-state index in [0.29, 0.717) is 11.1 Å². The fraction of sp³-hybridized carbons (Fsp3) is 0.351. The normalized spacial score (nSPS) is 12.6. The molecule has 0 saturated carbocycles. The average molecular weight is 659 g/mol. The van der Waals surface area contributed by atoms with E-state index in [1.165, 1.54) is 23.9 Å². The molecule has 0 unspecified atom stereocenters. The van der Waals surface area contributed by atoms with Crippen LogP contribution >= 0.6 is 0 Å². The molecule has 48 heavy (non-hydrogen) atoms. The van der Waals surface area contributed by atoms with Crippen LogP contribution in [0.15, 0.2) is 79.1 Å². The third kappa shape index (κ3) is 11.8. The number of nitrogens with one attached hydrogen (secondary N) is 2. The maximum absolute atomic E-state index is 13.1. The highest BCUT2D eigenvalue weighted by Gasteiger charge is 2.28. The highest BCUT2D eigenvalue weighted by atomic mass is 16.6. The summed E-state index contributed by atoms with van der Waals surface area (Å²) in [5.74, 6) is -3.73. The maximum Gasteiger partial charge on any atom is 0.337 e. The SMILES string of the molecule is COC(=O)c1ccc(C(=O)N[n+]2ccc(-c3ccc(C=CC[C@H](CC(=O)OC(C)(C)C)C(=O)N[C@@H](CC(C)C)C(=O)O)cc3)cc2)cc1. The number of carbonyl (C=O) groups excluding carboxylic acids is 4. The van der Waals surface area contributed by atoms with Crippen LogP contribution in [0.5, 0.6) is 0 Å². The molecule has 2 atom stereocenters. The molecule has 0 fully saturated rings. The number of esters is 2. The number of nitrogens with zero attached hydrogens (tertiary/aromatic N) is 1. The van der Waals surface area contributed by atoms with Gasteiger partial charge in [0.15, 0.2) is 0 Å². The number of amides is 2. The number of pyridine rings is 1. The second-order valence-electron chi connectivity index (χ2n) is 12.8. The summed E-state index contributed by atoms with van der Waals surface area (Å²) in [6.07, 6.45) is 7.36. The maximum atomic E-state index is 13.1. The summed E-state index contributed by atoms with van der Waals surface area (Å²) in [6.45, 7) is 8.98. The van der Waals surface area contributed by atoms with Gasteiger partial charge in [0, 0.05) is 17.7 Å². The van der Waals surface area contributed by atoms with Gasteiger partial charge in [0.2, 0.25) is 18.3 Å². The Labute approximate surface area is 280 Å². The summed E-state index contributed by atoms with van der Waals surface area (Å²) in [5, 5.41) is 12.2. The quantitative estimate of drug-likeness (QED) is 0.158. The van der Waals surface area contributed by atoms with Crippen molar-refractivity contribution in [3.8, 4) is 11.1 Å². The molecule has 11 nitrogen and oxygen atoms in total. The Morgan fingerprint density at radius 1 is 0.875 bits per heavy atom. The molecule has 3 aromatic rings. The number of ether oxygens (including phenoxy) is 2. The lowest BCUT2D eigenvalue weighted by Gasteiger charge is -2.23. The number of rotatable bonds is 14. The molecule has 3 N–H and O–H groups in total. The van der Waals surface area contributed by atoms with Crippen LogP contribution in [0.3, 0.4) is 0 Å². The summed E-state index contributed by atoms with van der Waals surface area (Å²) in [5.41, 5.74) is 5.51. The van der Waals surface area contributed by atoms with Crippen molar-refractivity contribution in [1.82, 2.24) is 5.32 Å². The second kappa shape index (κ2) is 17.0. The van der Waals surface area contributed by atoms with Crippen molar-refractivity contribution in [1.29, 1.82) is 0 Å². The number of benzene rings is 2. The van der Waals surface area contributed by atoms with E-state index in [0.717, 1.165) is 16.7 Å². The Kier molecular flexibility index (Phi) is 13.2. The molecule has 0 radical (unpaired) electrons. The molecule has 0 saturated heterocycles. The molecule has 2 aromatic carbocycles. The van der Waals surface area contributed by atoms with E-state index in [2.05, 4.69) is 15.5 Å². The first-order valence-electron chi connectivity index (χ1n) is 15.7. The second-order valence-corrected chi connectivity index (χ2v) is 12.8. The molecule has 0 aliphatic carbocycles. The van der Waals surface area contributed by atoms with Crippen molar-refractivity contribution in [2.45, 2.75) is 65.5 Å². The molecule has 0 aliphatic rings. The van der Waals surface area contributed by atoms with Crippen LogP contribution in [0.1, 0.15) is 80.2 Å². The Balaban J connectivity index is 1.64. The number of hydrogen-bond donors (Lipinski definition) is 3. The third-order valence-electron chi connectivity index (χ3n) is 7.13. The molecular weight excluding hydrogens is 614 g/mol. The lowest BCUT2D eigenvalue weighted by atomic mass is 9.97. The van der Waals surface area contributed by atoms with Crippen molar-refractivity contribution in [3.63, 3.8) is 0 Å². The highest BCUT2D eigenvalue weighted by Crippen LogP contribution is 2.21. The minimum absolute atomic E-state index is 0.0567. The van der Waals surface area contributed by atoms with Crippen molar-refractivity contribution >= 4 is 35.8 Å². The minimum Gasteiger partial charge on any atom is -0.480 e. The van der Waals surface area contributed by atoms with Crippen LogP contribution in [0, 0.1) is 11.8 Å². The zero-order chi connectivity index (χ0) is 35.4. The fourth-order valence-electron chi connectivity index (χ4n) is 4.76. The molecule has 0 spiro atoms. The van der Waals surface area contributed by atoms with Gasteiger partial charge in [-0.3, -0.25) is 14.4 Å². The minimum atomic E-state index is -1.12. The van der Waals surface area contributed by atoms with Gasteiger partial charge in [-0.05, 0) is 80.5 Å². The molecule has 1 aromatic heterocycles. The Bertz CT molecular complexity index is 1610. The van der Waals surface area contributed by atoms with Gasteiger partial charge in [-0.15, -0.1) is 5.43 Å². The predicted octanol–water partition coefficient (Wildman–Crippen LogP) is 5.18. The van der Waals surface area contributed by atoms with Crippen LogP contribution < -0.4 is 15.4 Å². The van der Waals surface area contributed by atoms with E-state index in [4.69, 9.17) is 4.74 Å². The summed E-state index contributed by atoms with van der Waals surface area (Å²) >= 11 is 0. The average Bonchev–Trinajstić information content (AvgIpc) is 3.03. The standard InChI is InChI=1S/C37H43N3O8/c1-24(2)22-31(35(44)45)38-33(42)30(23-32(41)48-37(3,4)5)9-7-8-25-10-12-26(13-11-25)27-18-20-40(21-19-27)39-34(43)28-14-16-29(17-15-28)36(46)47-6/h7-8,10-21,24,30-31H,9,22-23H2,1-6H3,(H2-,38,39,42,43,44,45)/p+1/t30-,31+/m1/s1. The number of carbonyl (C=O) groups is 5. The van der Waals surface area contributed by atoms with E-state index < -0.39 is 41.4 Å². The first-order valence-corrected chi connectivity index (χ1v) is 15.7. The molecule has 11 heteroatoms. The number of carboxylic acid groups (broad SMARTS) is 1. The van der Waals surface area contributed by atoms with Gasteiger partial charge in [-0.2, -0.15) is 0 Å². The van der Waals surface area contributed by atoms with Crippen LogP contribution in [0.25, 0.3) is 17.2 Å². The van der Waals surface area contributed by atoms with Crippen molar-refractivity contribution < 1.29 is 43.2 Å². The summed E-state index contributed by atoms with van der Waals surface area (Å²) < 4.78 is 11.6. The molecule has 1 heterocycles. The molecule has 0 aliphatic heterocycles. The molecular formula is C37H44N3O8+. The number of hydrogen-bond acceptors (Lipinski definition) is 7. The lowest BCUT2D eigenvalue weighted by molar-refractivity contribution is -0.641. The smallest absolute Gasteiger partial charge is 0.337 e.